The maximum atomic E-state index is 15.0. The average molecular weight is 486 g/mol. The lowest BCUT2D eigenvalue weighted by atomic mass is 9.96. The molecule has 0 aliphatic rings. The molecular weight excluding hydrogens is 457 g/mol. The van der Waals surface area contributed by atoms with E-state index in [4.69, 9.17) is 11.6 Å². The molecule has 7 nitrogen and oxygen atoms in total. The van der Waals surface area contributed by atoms with E-state index >= 15 is 0 Å². The molecule has 1 aromatic carbocycles. The van der Waals surface area contributed by atoms with Gasteiger partial charge in [0, 0.05) is 30.8 Å². The first-order chi connectivity index (χ1) is 14.7. The van der Waals surface area contributed by atoms with Crippen LogP contribution in [-0.2, 0) is 5.60 Å². The largest absolute Gasteiger partial charge is 0.389 e. The van der Waals surface area contributed by atoms with Crippen LogP contribution in [0.15, 0.2) is 12.1 Å². The van der Waals surface area contributed by atoms with Crippen molar-refractivity contribution in [1.29, 1.82) is 0 Å². The molecule has 0 fully saturated rings. The van der Waals surface area contributed by atoms with Gasteiger partial charge in [-0.2, -0.15) is 0 Å². The van der Waals surface area contributed by atoms with E-state index in [1.54, 1.807) is 13.8 Å². The summed E-state index contributed by atoms with van der Waals surface area (Å²) < 4.78 is 15.0. The van der Waals surface area contributed by atoms with Gasteiger partial charge in [0.15, 0.2) is 5.01 Å². The van der Waals surface area contributed by atoms with Gasteiger partial charge in [0.1, 0.15) is 11.5 Å². The smallest absolute Gasteiger partial charge is 0.280 e. The molecule has 0 unspecified atom stereocenters. The number of carbonyl (C=O) groups excluding carboxylic acids is 2. The topological polar surface area (TPSA) is 103 Å². The number of hydrogen-bond donors (Lipinski definition) is 3. The minimum Gasteiger partial charge on any atom is -0.389 e. The van der Waals surface area contributed by atoms with E-state index in [0.717, 1.165) is 11.3 Å². The van der Waals surface area contributed by atoms with E-state index in [1.165, 1.54) is 30.9 Å². The van der Waals surface area contributed by atoms with Crippen molar-refractivity contribution in [2.45, 2.75) is 52.7 Å². The molecule has 176 valence electrons. The van der Waals surface area contributed by atoms with Crippen molar-refractivity contribution in [3.05, 3.63) is 39.2 Å². The zero-order chi connectivity index (χ0) is 24.4. The number of nitrogens with zero attached hydrogens (tertiary/aromatic N) is 2. The predicted octanol–water partition coefficient (Wildman–Crippen LogP) is 3.81. The van der Waals surface area contributed by atoms with Crippen LogP contribution in [0.1, 0.15) is 67.4 Å². The quantitative estimate of drug-likeness (QED) is 0.527. The second-order valence-electron chi connectivity index (χ2n) is 8.52. The molecule has 0 bridgehead atoms. The summed E-state index contributed by atoms with van der Waals surface area (Å²) in [6, 6.07) is 2.90. The summed E-state index contributed by atoms with van der Waals surface area (Å²) in [7, 11) is 0. The minimum absolute atomic E-state index is 0.00975. The van der Waals surface area contributed by atoms with Gasteiger partial charge in [0.25, 0.3) is 11.8 Å². The molecule has 0 saturated heterocycles. The third kappa shape index (κ3) is 5.83. The fourth-order valence-electron chi connectivity index (χ4n) is 2.97. The number of benzene rings is 1. The first-order valence-corrected chi connectivity index (χ1v) is 11.4. The van der Waals surface area contributed by atoms with Crippen molar-refractivity contribution < 1.29 is 24.2 Å². The number of carbonyl (C=O) groups is 2. The van der Waals surface area contributed by atoms with Crippen molar-refractivity contribution in [3.8, 4) is 10.4 Å². The van der Waals surface area contributed by atoms with Crippen molar-refractivity contribution in [2.24, 2.45) is 0 Å². The molecular formula is C22H29ClFN3O4S. The summed E-state index contributed by atoms with van der Waals surface area (Å²) >= 11 is 7.22. The Labute approximate surface area is 196 Å². The lowest BCUT2D eigenvalue weighted by Crippen LogP contribution is -2.38. The van der Waals surface area contributed by atoms with Crippen LogP contribution in [0, 0.1) is 5.82 Å². The molecule has 2 amide bonds. The maximum absolute atomic E-state index is 15.0. The molecule has 2 aromatic rings. The van der Waals surface area contributed by atoms with Crippen LogP contribution < -0.4 is 5.32 Å². The summed E-state index contributed by atoms with van der Waals surface area (Å²) in [5.74, 6) is -1.79. The van der Waals surface area contributed by atoms with Crippen LogP contribution in [0.2, 0.25) is 5.02 Å². The first-order valence-electron chi connectivity index (χ1n) is 10.2. The van der Waals surface area contributed by atoms with Crippen LogP contribution in [-0.4, -0.2) is 57.1 Å². The number of hydrogen-bond acceptors (Lipinski definition) is 6. The second kappa shape index (κ2) is 9.82. The van der Waals surface area contributed by atoms with Crippen LogP contribution >= 0.6 is 22.9 Å². The molecule has 0 saturated carbocycles. The Morgan fingerprint density at radius 1 is 1.19 bits per heavy atom. The molecule has 0 aliphatic carbocycles. The molecule has 0 radical (unpaired) electrons. The molecule has 0 spiro atoms. The summed E-state index contributed by atoms with van der Waals surface area (Å²) in [5, 5.41) is 22.3. The highest BCUT2D eigenvalue weighted by molar-refractivity contribution is 7.17. The normalized spacial score (nSPS) is 12.1. The van der Waals surface area contributed by atoms with Crippen molar-refractivity contribution in [2.75, 3.05) is 19.6 Å². The summed E-state index contributed by atoms with van der Waals surface area (Å²) in [6.45, 7) is 10.4. The fraction of sp³-hybridized carbons (Fsp3) is 0.500. The van der Waals surface area contributed by atoms with E-state index in [1.807, 2.05) is 13.8 Å². The lowest BCUT2D eigenvalue weighted by Gasteiger charge is -2.21. The average Bonchev–Trinajstić information content (AvgIpc) is 3.12. The highest BCUT2D eigenvalue weighted by Crippen LogP contribution is 2.40. The maximum Gasteiger partial charge on any atom is 0.280 e. The van der Waals surface area contributed by atoms with E-state index in [9.17, 15) is 24.2 Å². The molecule has 0 atom stereocenters. The highest BCUT2D eigenvalue weighted by atomic mass is 35.5. The number of nitrogens with one attached hydrogen (secondary N) is 1. The third-order valence-electron chi connectivity index (χ3n) is 4.74. The molecule has 3 N–H and O–H groups in total. The SMILES string of the molecule is CCN(CC)C(=O)c1nc(C(=O)NCC(C)(C)O)sc1-c1ccc(C(C)(C)O)c(F)c1Cl. The third-order valence-corrected chi connectivity index (χ3v) is 6.20. The predicted molar refractivity (Wildman–Crippen MR) is 124 cm³/mol. The van der Waals surface area contributed by atoms with Gasteiger partial charge in [0.2, 0.25) is 0 Å². The molecule has 2 rings (SSSR count). The molecule has 10 heteroatoms. The zero-order valence-electron chi connectivity index (χ0n) is 19.0. The van der Waals surface area contributed by atoms with Crippen molar-refractivity contribution >= 4 is 34.8 Å². The van der Waals surface area contributed by atoms with Gasteiger partial charge in [-0.05, 0) is 41.5 Å². The number of thiazole rings is 1. The molecule has 32 heavy (non-hydrogen) atoms. The molecule has 1 heterocycles. The van der Waals surface area contributed by atoms with Crippen molar-refractivity contribution in [3.63, 3.8) is 0 Å². The highest BCUT2D eigenvalue weighted by Gasteiger charge is 2.30. The molecule has 1 aromatic heterocycles. The van der Waals surface area contributed by atoms with Gasteiger partial charge in [-0.3, -0.25) is 9.59 Å². The summed E-state index contributed by atoms with van der Waals surface area (Å²) in [5.41, 5.74) is -2.39. The number of aliphatic hydroxyl groups is 2. The molecule has 0 aliphatic heterocycles. The van der Waals surface area contributed by atoms with E-state index < -0.39 is 28.8 Å². The number of aromatic nitrogens is 1. The Morgan fingerprint density at radius 3 is 2.28 bits per heavy atom. The van der Waals surface area contributed by atoms with E-state index in [0.29, 0.717) is 13.1 Å². The van der Waals surface area contributed by atoms with Gasteiger partial charge >= 0.3 is 0 Å². The van der Waals surface area contributed by atoms with E-state index in [-0.39, 0.29) is 38.3 Å². The van der Waals surface area contributed by atoms with Gasteiger partial charge in [-0.15, -0.1) is 11.3 Å². The van der Waals surface area contributed by atoms with Crippen LogP contribution in [0.4, 0.5) is 4.39 Å². The van der Waals surface area contributed by atoms with Crippen LogP contribution in [0.25, 0.3) is 10.4 Å². The number of rotatable bonds is 8. The second-order valence-corrected chi connectivity index (χ2v) is 9.89. The first kappa shape index (κ1) is 26.2. The Bertz CT molecular complexity index is 1010. The zero-order valence-corrected chi connectivity index (χ0v) is 20.6. The Hall–Kier alpha value is -2.07. The summed E-state index contributed by atoms with van der Waals surface area (Å²) in [6.07, 6.45) is 0. The number of amides is 2. The van der Waals surface area contributed by atoms with Gasteiger partial charge in [-0.25, -0.2) is 9.37 Å². The minimum atomic E-state index is -1.46. The van der Waals surface area contributed by atoms with Gasteiger partial charge < -0.3 is 20.4 Å². The Kier molecular flexibility index (Phi) is 8.04. The lowest BCUT2D eigenvalue weighted by molar-refractivity contribution is 0.0693. The standard InChI is InChI=1S/C22H29ClFN3O4S/c1-7-27(8-2)20(29)16-17(32-19(26-16)18(28)25-11-21(3,4)30)12-9-10-13(22(5,6)31)15(24)14(12)23/h9-10,30-31H,7-8,11H2,1-6H3,(H,25,28). The summed E-state index contributed by atoms with van der Waals surface area (Å²) in [4.78, 5) is 31.8. The number of halogens is 2. The van der Waals surface area contributed by atoms with Crippen molar-refractivity contribution in [1.82, 2.24) is 15.2 Å². The van der Waals surface area contributed by atoms with Crippen LogP contribution in [0.3, 0.4) is 0 Å². The monoisotopic (exact) mass is 485 g/mol. The van der Waals surface area contributed by atoms with Gasteiger partial charge in [0.05, 0.1) is 21.1 Å². The Morgan fingerprint density at radius 2 is 1.78 bits per heavy atom. The van der Waals surface area contributed by atoms with Gasteiger partial charge in [-0.1, -0.05) is 23.7 Å². The van der Waals surface area contributed by atoms with E-state index in [2.05, 4.69) is 10.3 Å². The Balaban J connectivity index is 2.63. The van der Waals surface area contributed by atoms with Crippen LogP contribution in [0.5, 0.6) is 0 Å². The fourth-order valence-corrected chi connectivity index (χ4v) is 4.30.